The van der Waals surface area contributed by atoms with Crippen molar-refractivity contribution in [2.24, 2.45) is 0 Å². The van der Waals surface area contributed by atoms with Crippen LogP contribution in [0.2, 0.25) is 10.0 Å². The molecule has 0 radical (unpaired) electrons. The van der Waals surface area contributed by atoms with E-state index in [1.54, 1.807) is 0 Å². The van der Waals surface area contributed by atoms with E-state index < -0.39 is 0 Å². The van der Waals surface area contributed by atoms with E-state index in [0.29, 0.717) is 10.0 Å². The Hall–Kier alpha value is -1.46. The molecule has 1 nitrogen and oxygen atoms in total. The molecule has 1 aliphatic rings. The van der Waals surface area contributed by atoms with Gasteiger partial charge in [-0.3, -0.25) is 4.90 Å². The van der Waals surface area contributed by atoms with Crippen LogP contribution in [-0.4, -0.2) is 18.0 Å². The minimum Gasteiger partial charge on any atom is -0.286 e. The fourth-order valence-corrected chi connectivity index (χ4v) is 3.22. The number of hydrogen-bond acceptors (Lipinski definition) is 1. The second-order valence-corrected chi connectivity index (χ2v) is 6.62. The summed E-state index contributed by atoms with van der Waals surface area (Å²) < 4.78 is 0. The van der Waals surface area contributed by atoms with Gasteiger partial charge < -0.3 is 0 Å². The molecule has 0 saturated carbocycles. The normalized spacial score (nSPS) is 16.4. The van der Waals surface area contributed by atoms with Crippen molar-refractivity contribution in [1.29, 1.82) is 0 Å². The van der Waals surface area contributed by atoms with Crippen LogP contribution in [0.1, 0.15) is 36.4 Å². The zero-order chi connectivity index (χ0) is 16.1. The van der Waals surface area contributed by atoms with E-state index in [-0.39, 0.29) is 6.04 Å². The molecular formula is C20H19Cl2N. The van der Waals surface area contributed by atoms with E-state index in [2.05, 4.69) is 16.7 Å². The van der Waals surface area contributed by atoms with Crippen molar-refractivity contribution >= 4 is 23.2 Å². The first-order valence-corrected chi connectivity index (χ1v) is 8.75. The SMILES string of the molecule is Clc1ccc(C(C#Cc2ccccc2)N2CCCCC2)cc1Cl. The molecule has 3 heteroatoms. The maximum Gasteiger partial charge on any atom is 0.0975 e. The monoisotopic (exact) mass is 343 g/mol. The summed E-state index contributed by atoms with van der Waals surface area (Å²) in [5.74, 6) is 6.75. The van der Waals surface area contributed by atoms with Crippen molar-refractivity contribution in [3.8, 4) is 11.8 Å². The van der Waals surface area contributed by atoms with Crippen LogP contribution >= 0.6 is 23.2 Å². The molecule has 118 valence electrons. The molecule has 0 amide bonds. The Balaban J connectivity index is 1.93. The van der Waals surface area contributed by atoms with Crippen molar-refractivity contribution in [3.63, 3.8) is 0 Å². The van der Waals surface area contributed by atoms with Gasteiger partial charge in [-0.1, -0.05) is 65.7 Å². The fourth-order valence-electron chi connectivity index (χ4n) is 2.92. The predicted molar refractivity (Wildman–Crippen MR) is 97.9 cm³/mol. The molecule has 1 unspecified atom stereocenters. The highest BCUT2D eigenvalue weighted by molar-refractivity contribution is 6.42. The summed E-state index contributed by atoms with van der Waals surface area (Å²) in [5, 5.41) is 1.18. The minimum absolute atomic E-state index is 0.0604. The van der Waals surface area contributed by atoms with Crippen LogP contribution in [-0.2, 0) is 0 Å². The van der Waals surface area contributed by atoms with Gasteiger partial charge in [-0.05, 0) is 55.8 Å². The third-order valence-electron chi connectivity index (χ3n) is 4.14. The van der Waals surface area contributed by atoms with Crippen LogP contribution in [0.4, 0.5) is 0 Å². The Morgan fingerprint density at radius 1 is 0.870 bits per heavy atom. The average Bonchev–Trinajstić information content (AvgIpc) is 2.60. The van der Waals surface area contributed by atoms with E-state index >= 15 is 0 Å². The van der Waals surface area contributed by atoms with Crippen LogP contribution < -0.4 is 0 Å². The highest BCUT2D eigenvalue weighted by Gasteiger charge is 2.21. The number of likely N-dealkylation sites (tertiary alicyclic amines) is 1. The number of nitrogens with zero attached hydrogens (tertiary/aromatic N) is 1. The topological polar surface area (TPSA) is 3.24 Å². The summed E-state index contributed by atoms with van der Waals surface area (Å²) in [5.41, 5.74) is 2.15. The van der Waals surface area contributed by atoms with Gasteiger partial charge in [0, 0.05) is 5.56 Å². The molecule has 1 aliphatic heterocycles. The number of piperidine rings is 1. The third-order valence-corrected chi connectivity index (χ3v) is 4.88. The largest absolute Gasteiger partial charge is 0.286 e. The van der Waals surface area contributed by atoms with Crippen molar-refractivity contribution < 1.29 is 0 Å². The average molecular weight is 344 g/mol. The van der Waals surface area contributed by atoms with Crippen molar-refractivity contribution in [2.45, 2.75) is 25.3 Å². The molecule has 2 aromatic carbocycles. The fraction of sp³-hybridized carbons (Fsp3) is 0.300. The van der Waals surface area contributed by atoms with Crippen LogP contribution in [0, 0.1) is 11.8 Å². The molecule has 0 aliphatic carbocycles. The lowest BCUT2D eigenvalue weighted by Gasteiger charge is -2.32. The first-order valence-electron chi connectivity index (χ1n) is 7.99. The first kappa shape index (κ1) is 16.4. The number of rotatable bonds is 2. The first-order chi connectivity index (χ1) is 11.2. The van der Waals surface area contributed by atoms with Crippen LogP contribution in [0.25, 0.3) is 0 Å². The van der Waals surface area contributed by atoms with E-state index in [1.165, 1.54) is 19.3 Å². The van der Waals surface area contributed by atoms with Gasteiger partial charge in [0.2, 0.25) is 0 Å². The van der Waals surface area contributed by atoms with Gasteiger partial charge in [0.05, 0.1) is 16.1 Å². The molecule has 1 saturated heterocycles. The standard InChI is InChI=1S/C20H19Cl2N/c21-18-11-10-17(15-19(18)22)20(23-13-5-2-6-14-23)12-9-16-7-3-1-4-8-16/h1,3-4,7-8,10-11,15,20H,2,5-6,13-14H2. The van der Waals surface area contributed by atoms with Gasteiger partial charge in [0.25, 0.3) is 0 Å². The summed E-state index contributed by atoms with van der Waals surface area (Å²) in [6.07, 6.45) is 3.76. The summed E-state index contributed by atoms with van der Waals surface area (Å²) in [6.45, 7) is 2.16. The van der Waals surface area contributed by atoms with Crippen molar-refractivity contribution in [3.05, 3.63) is 69.7 Å². The summed E-state index contributed by atoms with van der Waals surface area (Å²) >= 11 is 12.3. The van der Waals surface area contributed by atoms with Crippen molar-refractivity contribution in [2.75, 3.05) is 13.1 Å². The highest BCUT2D eigenvalue weighted by atomic mass is 35.5. The second-order valence-electron chi connectivity index (χ2n) is 5.81. The Bertz CT molecular complexity index is 709. The molecule has 0 N–H and O–H groups in total. The predicted octanol–water partition coefficient (Wildman–Crippen LogP) is 5.57. The highest BCUT2D eigenvalue weighted by Crippen LogP contribution is 2.29. The van der Waals surface area contributed by atoms with Gasteiger partial charge in [0.15, 0.2) is 0 Å². The maximum absolute atomic E-state index is 6.22. The Labute approximate surface area is 148 Å². The zero-order valence-electron chi connectivity index (χ0n) is 12.9. The van der Waals surface area contributed by atoms with Gasteiger partial charge in [-0.25, -0.2) is 0 Å². The van der Waals surface area contributed by atoms with E-state index in [9.17, 15) is 0 Å². The number of benzene rings is 2. The Kier molecular flexibility index (Phi) is 5.62. The molecule has 1 heterocycles. The van der Waals surface area contributed by atoms with E-state index in [0.717, 1.165) is 24.2 Å². The minimum atomic E-state index is 0.0604. The molecule has 0 bridgehead atoms. The summed E-state index contributed by atoms with van der Waals surface area (Å²) in [6, 6.07) is 16.0. The lowest BCUT2D eigenvalue weighted by molar-refractivity contribution is 0.197. The lowest BCUT2D eigenvalue weighted by atomic mass is 10.0. The molecule has 1 fully saturated rings. The maximum atomic E-state index is 6.22. The second kappa shape index (κ2) is 7.88. The van der Waals surface area contributed by atoms with Crippen LogP contribution in [0.5, 0.6) is 0 Å². The zero-order valence-corrected chi connectivity index (χ0v) is 14.4. The van der Waals surface area contributed by atoms with Gasteiger partial charge in [0.1, 0.15) is 0 Å². The molecule has 2 aromatic rings. The number of hydrogen-bond donors (Lipinski definition) is 0. The van der Waals surface area contributed by atoms with Gasteiger partial charge in [-0.15, -0.1) is 0 Å². The summed E-state index contributed by atoms with van der Waals surface area (Å²) in [7, 11) is 0. The van der Waals surface area contributed by atoms with E-state index in [4.69, 9.17) is 23.2 Å². The number of halogens is 2. The van der Waals surface area contributed by atoms with Gasteiger partial charge in [-0.2, -0.15) is 0 Å². The third kappa shape index (κ3) is 4.30. The van der Waals surface area contributed by atoms with Gasteiger partial charge >= 0.3 is 0 Å². The lowest BCUT2D eigenvalue weighted by Crippen LogP contribution is -2.33. The van der Waals surface area contributed by atoms with Crippen LogP contribution in [0.15, 0.2) is 48.5 Å². The van der Waals surface area contributed by atoms with Crippen molar-refractivity contribution in [1.82, 2.24) is 4.90 Å². The molecule has 1 atom stereocenters. The molecule has 0 aromatic heterocycles. The Morgan fingerprint density at radius 2 is 1.61 bits per heavy atom. The van der Waals surface area contributed by atoms with Crippen LogP contribution in [0.3, 0.4) is 0 Å². The Morgan fingerprint density at radius 3 is 2.30 bits per heavy atom. The molecule has 23 heavy (non-hydrogen) atoms. The smallest absolute Gasteiger partial charge is 0.0975 e. The molecular weight excluding hydrogens is 325 g/mol. The van der Waals surface area contributed by atoms with E-state index in [1.807, 2.05) is 48.5 Å². The summed E-state index contributed by atoms with van der Waals surface area (Å²) in [4.78, 5) is 2.44. The molecule has 3 rings (SSSR count). The molecule has 0 spiro atoms. The quantitative estimate of drug-likeness (QED) is 0.644.